The maximum absolute atomic E-state index is 13.5. The van der Waals surface area contributed by atoms with Crippen molar-refractivity contribution in [1.82, 2.24) is 9.55 Å². The van der Waals surface area contributed by atoms with Crippen LogP contribution < -0.4 is 19.8 Å². The van der Waals surface area contributed by atoms with Crippen molar-refractivity contribution in [3.05, 3.63) is 82.6 Å². The molecule has 31 heavy (non-hydrogen) atoms. The van der Waals surface area contributed by atoms with Crippen LogP contribution in [0.5, 0.6) is 17.2 Å². The topological polar surface area (TPSA) is 62.6 Å². The average Bonchev–Trinajstić information content (AvgIpc) is 2.82. The van der Waals surface area contributed by atoms with Crippen molar-refractivity contribution in [3.63, 3.8) is 0 Å². The Labute approximate surface area is 184 Å². The minimum atomic E-state index is -0.141. The number of para-hydroxylation sites is 1. The van der Waals surface area contributed by atoms with Gasteiger partial charge in [0.2, 0.25) is 0 Å². The lowest BCUT2D eigenvalue weighted by Crippen LogP contribution is -2.22. The molecule has 0 saturated heterocycles. The van der Waals surface area contributed by atoms with E-state index in [9.17, 15) is 4.79 Å². The zero-order chi connectivity index (χ0) is 21.8. The normalized spacial score (nSPS) is 10.8. The minimum Gasteiger partial charge on any atom is -0.497 e. The molecule has 0 amide bonds. The average molecular weight is 435 g/mol. The van der Waals surface area contributed by atoms with Crippen LogP contribution >= 0.6 is 11.8 Å². The lowest BCUT2D eigenvalue weighted by atomic mass is 10.2. The van der Waals surface area contributed by atoms with Gasteiger partial charge in [0.15, 0.2) is 5.16 Å². The lowest BCUT2D eigenvalue weighted by Gasteiger charge is -2.15. The monoisotopic (exact) mass is 434 g/mol. The maximum Gasteiger partial charge on any atom is 0.266 e. The molecule has 0 aliphatic heterocycles. The molecule has 0 aliphatic rings. The molecule has 1 aromatic heterocycles. The van der Waals surface area contributed by atoms with Gasteiger partial charge in [0.05, 0.1) is 37.9 Å². The SMILES string of the molecule is COc1ccc(CSc2nc3ccccc3c(=O)n2-c2cc(OC)cc(OC)c2)cc1. The summed E-state index contributed by atoms with van der Waals surface area (Å²) in [6, 6.07) is 20.6. The molecule has 4 rings (SSSR count). The molecule has 0 radical (unpaired) electrons. The number of methoxy groups -OCH3 is 3. The molecule has 0 aliphatic carbocycles. The van der Waals surface area contributed by atoms with Gasteiger partial charge in [0.25, 0.3) is 5.56 Å². The van der Waals surface area contributed by atoms with Gasteiger partial charge in [-0.25, -0.2) is 4.98 Å². The molecule has 0 bridgehead atoms. The molecule has 7 heteroatoms. The van der Waals surface area contributed by atoms with Crippen LogP contribution in [-0.2, 0) is 5.75 Å². The van der Waals surface area contributed by atoms with Crippen LogP contribution in [0.15, 0.2) is 76.7 Å². The van der Waals surface area contributed by atoms with E-state index in [0.29, 0.717) is 39.0 Å². The number of nitrogens with zero attached hydrogens (tertiary/aromatic N) is 2. The second kappa shape index (κ2) is 9.14. The van der Waals surface area contributed by atoms with Crippen LogP contribution in [0.4, 0.5) is 0 Å². The number of hydrogen-bond acceptors (Lipinski definition) is 6. The molecule has 158 valence electrons. The van der Waals surface area contributed by atoms with E-state index in [-0.39, 0.29) is 5.56 Å². The molecule has 1 heterocycles. The maximum atomic E-state index is 13.5. The summed E-state index contributed by atoms with van der Waals surface area (Å²) >= 11 is 1.49. The highest BCUT2D eigenvalue weighted by Crippen LogP contribution is 2.29. The van der Waals surface area contributed by atoms with Gasteiger partial charge >= 0.3 is 0 Å². The highest BCUT2D eigenvalue weighted by Gasteiger charge is 2.15. The highest BCUT2D eigenvalue weighted by molar-refractivity contribution is 7.98. The van der Waals surface area contributed by atoms with Crippen molar-refractivity contribution in [2.45, 2.75) is 10.9 Å². The smallest absolute Gasteiger partial charge is 0.266 e. The van der Waals surface area contributed by atoms with Crippen LogP contribution in [0, 0.1) is 0 Å². The second-order valence-electron chi connectivity index (χ2n) is 6.76. The predicted molar refractivity (Wildman–Crippen MR) is 123 cm³/mol. The summed E-state index contributed by atoms with van der Waals surface area (Å²) in [7, 11) is 4.81. The van der Waals surface area contributed by atoms with Crippen molar-refractivity contribution in [2.75, 3.05) is 21.3 Å². The van der Waals surface area contributed by atoms with Gasteiger partial charge in [0.1, 0.15) is 17.2 Å². The molecule has 0 saturated carbocycles. The third kappa shape index (κ3) is 4.36. The van der Waals surface area contributed by atoms with Crippen LogP contribution in [0.3, 0.4) is 0 Å². The van der Waals surface area contributed by atoms with E-state index in [1.54, 1.807) is 50.2 Å². The van der Waals surface area contributed by atoms with Crippen LogP contribution in [0.1, 0.15) is 5.56 Å². The third-order valence-electron chi connectivity index (χ3n) is 4.87. The van der Waals surface area contributed by atoms with Gasteiger partial charge in [-0.15, -0.1) is 0 Å². The van der Waals surface area contributed by atoms with Gasteiger partial charge < -0.3 is 14.2 Å². The Kier molecular flexibility index (Phi) is 6.13. The molecule has 0 fully saturated rings. The highest BCUT2D eigenvalue weighted by atomic mass is 32.2. The Morgan fingerprint density at radius 1 is 0.839 bits per heavy atom. The summed E-state index contributed by atoms with van der Waals surface area (Å²) in [5, 5.41) is 1.15. The fourth-order valence-electron chi connectivity index (χ4n) is 3.23. The number of hydrogen-bond donors (Lipinski definition) is 0. The molecular formula is C24H22N2O4S. The summed E-state index contributed by atoms with van der Waals surface area (Å²) < 4.78 is 17.6. The molecule has 6 nitrogen and oxygen atoms in total. The zero-order valence-corrected chi connectivity index (χ0v) is 18.3. The lowest BCUT2D eigenvalue weighted by molar-refractivity contribution is 0.394. The van der Waals surface area contributed by atoms with Gasteiger partial charge in [0, 0.05) is 24.0 Å². The van der Waals surface area contributed by atoms with Gasteiger partial charge in [-0.2, -0.15) is 0 Å². The van der Waals surface area contributed by atoms with Crippen LogP contribution in [0.25, 0.3) is 16.6 Å². The first-order valence-electron chi connectivity index (χ1n) is 9.64. The van der Waals surface area contributed by atoms with Gasteiger partial charge in [-0.3, -0.25) is 9.36 Å². The molecular weight excluding hydrogens is 412 g/mol. The van der Waals surface area contributed by atoms with Gasteiger partial charge in [-0.05, 0) is 29.8 Å². The first kappa shape index (κ1) is 20.8. The number of aromatic nitrogens is 2. The summed E-state index contributed by atoms with van der Waals surface area (Å²) in [6.07, 6.45) is 0. The fraction of sp³-hybridized carbons (Fsp3) is 0.167. The fourth-order valence-corrected chi connectivity index (χ4v) is 4.20. The van der Waals surface area contributed by atoms with E-state index in [0.717, 1.165) is 11.3 Å². The van der Waals surface area contributed by atoms with Crippen LogP contribution in [0.2, 0.25) is 0 Å². The molecule has 4 aromatic rings. The number of thioether (sulfide) groups is 1. The first-order valence-corrected chi connectivity index (χ1v) is 10.6. The van der Waals surface area contributed by atoms with Crippen molar-refractivity contribution in [1.29, 1.82) is 0 Å². The largest absolute Gasteiger partial charge is 0.497 e. The Morgan fingerprint density at radius 2 is 1.48 bits per heavy atom. The van der Waals surface area contributed by atoms with Crippen molar-refractivity contribution in [2.24, 2.45) is 0 Å². The first-order chi connectivity index (χ1) is 15.1. The molecule has 0 atom stereocenters. The molecule has 0 unspecified atom stereocenters. The van der Waals surface area contributed by atoms with Crippen molar-refractivity contribution in [3.8, 4) is 22.9 Å². The molecule has 3 aromatic carbocycles. The number of ether oxygens (including phenoxy) is 3. The van der Waals surface area contributed by atoms with E-state index >= 15 is 0 Å². The van der Waals surface area contributed by atoms with Crippen LogP contribution in [-0.4, -0.2) is 30.9 Å². The zero-order valence-electron chi connectivity index (χ0n) is 17.5. The number of benzene rings is 3. The minimum absolute atomic E-state index is 0.141. The Bertz CT molecular complexity index is 1250. The van der Waals surface area contributed by atoms with E-state index in [2.05, 4.69) is 0 Å². The third-order valence-corrected chi connectivity index (χ3v) is 5.88. The number of fused-ring (bicyclic) bond motifs is 1. The summed E-state index contributed by atoms with van der Waals surface area (Å²) in [5.41, 5.74) is 2.26. The Morgan fingerprint density at radius 3 is 2.13 bits per heavy atom. The Balaban J connectivity index is 1.83. The van der Waals surface area contributed by atoms with E-state index in [1.807, 2.05) is 42.5 Å². The van der Waals surface area contributed by atoms with Crippen molar-refractivity contribution >= 4 is 22.7 Å². The standard InChI is InChI=1S/C24H22N2O4S/c1-28-18-10-8-16(9-11-18)15-31-24-25-22-7-5-4-6-21(22)23(27)26(24)17-12-19(29-2)14-20(13-17)30-3/h4-14H,15H2,1-3H3. The quantitative estimate of drug-likeness (QED) is 0.310. The summed E-state index contributed by atoms with van der Waals surface area (Å²) in [5.74, 6) is 2.65. The molecule has 0 spiro atoms. The Hall–Kier alpha value is -3.45. The van der Waals surface area contributed by atoms with E-state index < -0.39 is 0 Å². The van der Waals surface area contributed by atoms with E-state index in [1.165, 1.54) is 11.8 Å². The molecule has 0 N–H and O–H groups in total. The summed E-state index contributed by atoms with van der Waals surface area (Å²) in [6.45, 7) is 0. The summed E-state index contributed by atoms with van der Waals surface area (Å²) in [4.78, 5) is 18.2. The van der Waals surface area contributed by atoms with Gasteiger partial charge in [-0.1, -0.05) is 36.0 Å². The number of rotatable bonds is 7. The van der Waals surface area contributed by atoms with Crippen molar-refractivity contribution < 1.29 is 14.2 Å². The predicted octanol–water partition coefficient (Wildman–Crippen LogP) is 4.70. The second-order valence-corrected chi connectivity index (χ2v) is 7.70. The van der Waals surface area contributed by atoms with E-state index in [4.69, 9.17) is 19.2 Å².